The predicted molar refractivity (Wildman–Crippen MR) is 71.8 cm³/mol. The lowest BCUT2D eigenvalue weighted by atomic mass is 10.1. The van der Waals surface area contributed by atoms with Crippen molar-refractivity contribution >= 4 is 23.4 Å². The summed E-state index contributed by atoms with van der Waals surface area (Å²) in [7, 11) is 0. The summed E-state index contributed by atoms with van der Waals surface area (Å²) in [5.74, 6) is 1.51. The third-order valence-electron chi connectivity index (χ3n) is 3.03. The summed E-state index contributed by atoms with van der Waals surface area (Å²) >= 11 is 1.96. The molecular weight excluding hydrogens is 234 g/mol. The molecule has 0 amide bonds. The van der Waals surface area contributed by atoms with Crippen LogP contribution in [-0.4, -0.2) is 35.2 Å². The number of aliphatic carboxylic acids is 1. The van der Waals surface area contributed by atoms with Crippen LogP contribution in [0.1, 0.15) is 12.8 Å². The zero-order valence-electron chi connectivity index (χ0n) is 9.71. The second-order valence-electron chi connectivity index (χ2n) is 4.20. The molecule has 1 aromatic rings. The van der Waals surface area contributed by atoms with Crippen LogP contribution in [0, 0.1) is 0 Å². The van der Waals surface area contributed by atoms with E-state index in [0.29, 0.717) is 6.04 Å². The number of nitrogens with zero attached hydrogens (tertiary/aromatic N) is 1. The average molecular weight is 251 g/mol. The van der Waals surface area contributed by atoms with E-state index in [2.05, 4.69) is 0 Å². The molecule has 1 aromatic carbocycles. The second-order valence-corrected chi connectivity index (χ2v) is 5.43. The third kappa shape index (κ3) is 3.40. The van der Waals surface area contributed by atoms with Gasteiger partial charge in [-0.05, 0) is 36.5 Å². The Bertz CT molecular complexity index is 363. The van der Waals surface area contributed by atoms with Gasteiger partial charge in [0, 0.05) is 11.7 Å². The molecule has 0 bridgehead atoms. The van der Waals surface area contributed by atoms with Gasteiger partial charge in [-0.3, -0.25) is 4.79 Å². The van der Waals surface area contributed by atoms with E-state index in [9.17, 15) is 4.79 Å². The van der Waals surface area contributed by atoms with Crippen LogP contribution in [0.25, 0.3) is 0 Å². The Kier molecular flexibility index (Phi) is 4.31. The maximum atomic E-state index is 11.0. The van der Waals surface area contributed by atoms with Crippen molar-refractivity contribution in [3.63, 3.8) is 0 Å². The lowest BCUT2D eigenvalue weighted by Crippen LogP contribution is -2.41. The van der Waals surface area contributed by atoms with Crippen LogP contribution in [-0.2, 0) is 4.79 Å². The van der Waals surface area contributed by atoms with Crippen LogP contribution >= 0.6 is 11.8 Å². The molecule has 0 aliphatic carbocycles. The van der Waals surface area contributed by atoms with Crippen LogP contribution < -0.4 is 4.90 Å². The van der Waals surface area contributed by atoms with Gasteiger partial charge in [0.1, 0.15) is 6.54 Å². The number of benzene rings is 1. The molecule has 2 rings (SSSR count). The topological polar surface area (TPSA) is 40.5 Å². The first kappa shape index (κ1) is 12.3. The van der Waals surface area contributed by atoms with Crippen molar-refractivity contribution in [2.75, 3.05) is 23.0 Å². The van der Waals surface area contributed by atoms with Gasteiger partial charge in [-0.15, -0.1) is 0 Å². The summed E-state index contributed by atoms with van der Waals surface area (Å²) in [6.45, 7) is 0.0966. The minimum absolute atomic E-state index is 0.0966. The Labute approximate surface area is 106 Å². The van der Waals surface area contributed by atoms with Crippen LogP contribution in [0.4, 0.5) is 5.69 Å². The highest BCUT2D eigenvalue weighted by Gasteiger charge is 2.23. The van der Waals surface area contributed by atoms with Gasteiger partial charge < -0.3 is 10.0 Å². The van der Waals surface area contributed by atoms with Gasteiger partial charge in [0.05, 0.1) is 0 Å². The number of hydrogen-bond acceptors (Lipinski definition) is 3. The van der Waals surface area contributed by atoms with E-state index < -0.39 is 5.97 Å². The molecule has 1 aliphatic heterocycles. The van der Waals surface area contributed by atoms with Gasteiger partial charge >= 0.3 is 5.97 Å². The second kappa shape index (κ2) is 5.96. The SMILES string of the molecule is O=C(O)CN(c1ccccc1)C1CCSCC1. The molecule has 1 aliphatic rings. The first-order valence-corrected chi connectivity index (χ1v) is 7.04. The van der Waals surface area contributed by atoms with Gasteiger partial charge in [-0.2, -0.15) is 11.8 Å². The molecule has 1 N–H and O–H groups in total. The normalized spacial score (nSPS) is 16.7. The Morgan fingerprint density at radius 3 is 2.53 bits per heavy atom. The number of para-hydroxylation sites is 1. The molecule has 4 heteroatoms. The van der Waals surface area contributed by atoms with Crippen molar-refractivity contribution in [1.29, 1.82) is 0 Å². The number of carbonyl (C=O) groups is 1. The minimum atomic E-state index is -0.757. The van der Waals surface area contributed by atoms with Crippen molar-refractivity contribution in [3.8, 4) is 0 Å². The highest BCUT2D eigenvalue weighted by molar-refractivity contribution is 7.99. The predicted octanol–water partition coefficient (Wildman–Crippen LogP) is 2.47. The number of carboxylic acid groups (broad SMARTS) is 1. The highest BCUT2D eigenvalue weighted by Crippen LogP contribution is 2.26. The maximum absolute atomic E-state index is 11.0. The summed E-state index contributed by atoms with van der Waals surface area (Å²) in [5.41, 5.74) is 1.02. The molecule has 0 radical (unpaired) electrons. The fourth-order valence-electron chi connectivity index (χ4n) is 2.19. The largest absolute Gasteiger partial charge is 0.480 e. The van der Waals surface area contributed by atoms with Crippen LogP contribution in [0.2, 0.25) is 0 Å². The molecule has 1 heterocycles. The van der Waals surface area contributed by atoms with E-state index in [4.69, 9.17) is 5.11 Å². The number of hydrogen-bond donors (Lipinski definition) is 1. The van der Waals surface area contributed by atoms with E-state index in [1.54, 1.807) is 0 Å². The lowest BCUT2D eigenvalue weighted by molar-refractivity contribution is -0.135. The monoisotopic (exact) mass is 251 g/mol. The summed E-state index contributed by atoms with van der Waals surface area (Å²) < 4.78 is 0. The van der Waals surface area contributed by atoms with Gasteiger partial charge in [0.15, 0.2) is 0 Å². The smallest absolute Gasteiger partial charge is 0.323 e. The summed E-state index contributed by atoms with van der Waals surface area (Å²) in [6, 6.07) is 10.2. The van der Waals surface area contributed by atoms with Crippen LogP contribution in [0.3, 0.4) is 0 Å². The lowest BCUT2D eigenvalue weighted by Gasteiger charge is -2.34. The van der Waals surface area contributed by atoms with E-state index in [1.807, 2.05) is 47.0 Å². The highest BCUT2D eigenvalue weighted by atomic mass is 32.2. The van der Waals surface area contributed by atoms with Gasteiger partial charge in [-0.25, -0.2) is 0 Å². The Morgan fingerprint density at radius 1 is 1.29 bits per heavy atom. The van der Waals surface area contributed by atoms with Crippen molar-refractivity contribution in [2.24, 2.45) is 0 Å². The molecule has 17 heavy (non-hydrogen) atoms. The Morgan fingerprint density at radius 2 is 1.94 bits per heavy atom. The molecule has 0 saturated carbocycles. The molecule has 0 spiro atoms. The molecule has 1 fully saturated rings. The molecule has 1 saturated heterocycles. The Balaban J connectivity index is 2.15. The molecule has 0 atom stereocenters. The summed E-state index contributed by atoms with van der Waals surface area (Å²) in [6.07, 6.45) is 2.15. The molecule has 0 aromatic heterocycles. The van der Waals surface area contributed by atoms with E-state index >= 15 is 0 Å². The number of carboxylic acids is 1. The summed E-state index contributed by atoms with van der Waals surface area (Å²) in [4.78, 5) is 13.0. The van der Waals surface area contributed by atoms with Crippen molar-refractivity contribution in [2.45, 2.75) is 18.9 Å². The quantitative estimate of drug-likeness (QED) is 0.892. The maximum Gasteiger partial charge on any atom is 0.323 e. The van der Waals surface area contributed by atoms with Crippen molar-refractivity contribution < 1.29 is 9.90 Å². The average Bonchev–Trinajstić information content (AvgIpc) is 2.38. The van der Waals surface area contributed by atoms with E-state index in [1.165, 1.54) is 0 Å². The van der Waals surface area contributed by atoms with Gasteiger partial charge in [-0.1, -0.05) is 18.2 Å². The first-order chi connectivity index (χ1) is 8.27. The van der Waals surface area contributed by atoms with Gasteiger partial charge in [0.25, 0.3) is 0 Å². The van der Waals surface area contributed by atoms with Crippen LogP contribution in [0.5, 0.6) is 0 Å². The number of rotatable bonds is 4. The third-order valence-corrected chi connectivity index (χ3v) is 4.07. The Hall–Kier alpha value is -1.16. The van der Waals surface area contributed by atoms with E-state index in [-0.39, 0.29) is 6.54 Å². The minimum Gasteiger partial charge on any atom is -0.480 e. The number of anilines is 1. The van der Waals surface area contributed by atoms with E-state index in [0.717, 1.165) is 30.0 Å². The van der Waals surface area contributed by atoms with Crippen LogP contribution in [0.15, 0.2) is 30.3 Å². The molecule has 92 valence electrons. The first-order valence-electron chi connectivity index (χ1n) is 5.88. The standard InChI is InChI=1S/C13H17NO2S/c15-13(16)10-14(11-4-2-1-3-5-11)12-6-8-17-9-7-12/h1-5,12H,6-10H2,(H,15,16). The van der Waals surface area contributed by atoms with Gasteiger partial charge in [0.2, 0.25) is 0 Å². The molecular formula is C13H17NO2S. The molecule has 3 nitrogen and oxygen atoms in total. The molecule has 0 unspecified atom stereocenters. The summed E-state index contributed by atoms with van der Waals surface area (Å²) in [5, 5.41) is 9.03. The van der Waals surface area contributed by atoms with Crippen molar-refractivity contribution in [1.82, 2.24) is 0 Å². The van der Waals surface area contributed by atoms with Crippen molar-refractivity contribution in [3.05, 3.63) is 30.3 Å². The fraction of sp³-hybridized carbons (Fsp3) is 0.462. The fourth-order valence-corrected chi connectivity index (χ4v) is 3.27. The zero-order chi connectivity index (χ0) is 12.1. The zero-order valence-corrected chi connectivity index (χ0v) is 10.5. The number of thioether (sulfide) groups is 1.